The van der Waals surface area contributed by atoms with E-state index in [4.69, 9.17) is 0 Å². The van der Waals surface area contributed by atoms with E-state index < -0.39 is 36.0 Å². The van der Waals surface area contributed by atoms with Gasteiger partial charge in [0, 0.05) is 12.6 Å². The zero-order valence-corrected chi connectivity index (χ0v) is 11.3. The maximum Gasteiger partial charge on any atom is 0.155 e. The molecule has 3 nitrogen and oxygen atoms in total. The summed E-state index contributed by atoms with van der Waals surface area (Å²) >= 11 is 0. The van der Waals surface area contributed by atoms with Gasteiger partial charge in [-0.3, -0.25) is 10.4 Å². The molecule has 0 aromatic heterocycles. The lowest BCUT2D eigenvalue weighted by atomic mass is 10.1. The molecule has 0 bridgehead atoms. The van der Waals surface area contributed by atoms with Gasteiger partial charge >= 0.3 is 0 Å². The molecule has 0 amide bonds. The fourth-order valence-corrected chi connectivity index (χ4v) is 1.69. The Morgan fingerprint density at radius 1 is 1.50 bits per heavy atom. The summed E-state index contributed by atoms with van der Waals surface area (Å²) in [7, 11) is 1.64. The molecule has 3 atom stereocenters. The summed E-state index contributed by atoms with van der Waals surface area (Å²) in [5.74, 6) is -2.57. The largest absolute Gasteiger partial charge is 0.260 e. The zero-order chi connectivity index (χ0) is 15.3. The second-order valence-corrected chi connectivity index (χ2v) is 4.36. The van der Waals surface area contributed by atoms with Crippen molar-refractivity contribution in [1.29, 1.82) is 0 Å². The summed E-state index contributed by atoms with van der Waals surface area (Å²) in [5, 5.41) is 0. The number of rotatable bonds is 5. The van der Waals surface area contributed by atoms with Gasteiger partial charge in [0.05, 0.1) is 17.3 Å². The molecule has 0 saturated heterocycles. The summed E-state index contributed by atoms with van der Waals surface area (Å²) in [6, 6.07) is -0.242. The van der Waals surface area contributed by atoms with Crippen LogP contribution in [0.2, 0.25) is 0 Å². The van der Waals surface area contributed by atoms with Crippen LogP contribution in [-0.2, 0) is 0 Å². The van der Waals surface area contributed by atoms with Crippen LogP contribution in [0.1, 0.15) is 13.3 Å². The Balaban J connectivity index is 2.98. The van der Waals surface area contributed by atoms with Gasteiger partial charge in [-0.25, -0.2) is 23.0 Å². The summed E-state index contributed by atoms with van der Waals surface area (Å²) in [5.41, 5.74) is 4.41. The van der Waals surface area contributed by atoms with Crippen LogP contribution in [0.4, 0.5) is 17.6 Å². The molecule has 0 radical (unpaired) electrons. The predicted molar refractivity (Wildman–Crippen MR) is 71.0 cm³/mol. The SMILES string of the molecule is C=C(N=CC(C)NNC)C1=C(F)C(F)CC(F)C=C1F. The van der Waals surface area contributed by atoms with Crippen molar-refractivity contribution < 1.29 is 17.6 Å². The molecule has 0 fully saturated rings. The van der Waals surface area contributed by atoms with E-state index in [1.165, 1.54) is 6.21 Å². The Morgan fingerprint density at radius 3 is 2.75 bits per heavy atom. The van der Waals surface area contributed by atoms with Gasteiger partial charge in [0.1, 0.15) is 17.8 Å². The topological polar surface area (TPSA) is 36.4 Å². The third kappa shape index (κ3) is 4.28. The van der Waals surface area contributed by atoms with Gasteiger partial charge in [-0.15, -0.1) is 0 Å². The molecule has 0 spiro atoms. The quantitative estimate of drug-likeness (QED) is 0.464. The number of nitrogens with zero attached hydrogens (tertiary/aromatic N) is 1. The number of hydrazine groups is 1. The Bertz CT molecular complexity index is 457. The van der Waals surface area contributed by atoms with E-state index in [0.717, 1.165) is 0 Å². The minimum Gasteiger partial charge on any atom is -0.260 e. The molecule has 1 aliphatic carbocycles. The number of hydrogen-bond donors (Lipinski definition) is 2. The molecule has 1 aliphatic rings. The highest BCUT2D eigenvalue weighted by Crippen LogP contribution is 2.33. The normalized spacial score (nSPS) is 25.6. The molecular weight excluding hydrogens is 274 g/mol. The number of hydrogen-bond acceptors (Lipinski definition) is 3. The fourth-order valence-electron chi connectivity index (χ4n) is 1.69. The molecule has 0 aromatic rings. The minimum atomic E-state index is -2.20. The van der Waals surface area contributed by atoms with Crippen LogP contribution in [0.25, 0.3) is 0 Å². The molecule has 3 unspecified atom stereocenters. The van der Waals surface area contributed by atoms with Crippen molar-refractivity contribution >= 4 is 6.21 Å². The Hall–Kier alpha value is -1.47. The minimum absolute atomic E-state index is 0.242. The van der Waals surface area contributed by atoms with E-state index in [1.54, 1.807) is 14.0 Å². The summed E-state index contributed by atoms with van der Waals surface area (Å²) in [6.07, 6.45) is -2.96. The monoisotopic (exact) mass is 291 g/mol. The third-order valence-corrected chi connectivity index (χ3v) is 2.63. The van der Waals surface area contributed by atoms with Gasteiger partial charge < -0.3 is 0 Å². The van der Waals surface area contributed by atoms with Gasteiger partial charge in [0.2, 0.25) is 0 Å². The highest BCUT2D eigenvalue weighted by atomic mass is 19.2. The van der Waals surface area contributed by atoms with E-state index in [1.807, 2.05) is 0 Å². The van der Waals surface area contributed by atoms with Gasteiger partial charge in [-0.2, -0.15) is 0 Å². The van der Waals surface area contributed by atoms with Crippen molar-refractivity contribution in [2.75, 3.05) is 7.05 Å². The van der Waals surface area contributed by atoms with Crippen LogP contribution < -0.4 is 10.9 Å². The van der Waals surface area contributed by atoms with E-state index in [-0.39, 0.29) is 11.7 Å². The molecule has 7 heteroatoms. The van der Waals surface area contributed by atoms with Gasteiger partial charge in [-0.05, 0) is 20.0 Å². The maximum atomic E-state index is 13.7. The number of halogens is 4. The van der Waals surface area contributed by atoms with E-state index in [2.05, 4.69) is 22.4 Å². The molecule has 1 rings (SSSR count). The number of nitrogens with one attached hydrogen (secondary N) is 2. The average Bonchev–Trinajstić information content (AvgIpc) is 2.44. The first-order valence-corrected chi connectivity index (χ1v) is 6.08. The summed E-state index contributed by atoms with van der Waals surface area (Å²) < 4.78 is 54.0. The van der Waals surface area contributed by atoms with E-state index in [0.29, 0.717) is 6.08 Å². The molecule has 112 valence electrons. The maximum absolute atomic E-state index is 13.7. The van der Waals surface area contributed by atoms with Gasteiger partial charge in [-0.1, -0.05) is 6.58 Å². The van der Waals surface area contributed by atoms with Crippen LogP contribution >= 0.6 is 0 Å². The fraction of sp³-hybridized carbons (Fsp3) is 0.462. The third-order valence-electron chi connectivity index (χ3n) is 2.63. The molecule has 20 heavy (non-hydrogen) atoms. The second kappa shape index (κ2) is 7.35. The highest BCUT2D eigenvalue weighted by molar-refractivity contribution is 5.66. The first-order valence-electron chi connectivity index (χ1n) is 6.08. The molecule has 0 aromatic carbocycles. The Kier molecular flexibility index (Phi) is 6.09. The average molecular weight is 291 g/mol. The van der Waals surface area contributed by atoms with Crippen molar-refractivity contribution in [3.8, 4) is 0 Å². The van der Waals surface area contributed by atoms with Crippen LogP contribution in [0, 0.1) is 0 Å². The molecule has 2 N–H and O–H groups in total. The van der Waals surface area contributed by atoms with Crippen LogP contribution in [-0.4, -0.2) is 31.6 Å². The summed E-state index contributed by atoms with van der Waals surface area (Å²) in [6.45, 7) is 5.13. The highest BCUT2D eigenvalue weighted by Gasteiger charge is 2.29. The van der Waals surface area contributed by atoms with Crippen molar-refractivity contribution in [1.82, 2.24) is 10.9 Å². The van der Waals surface area contributed by atoms with Crippen LogP contribution in [0.3, 0.4) is 0 Å². The second-order valence-electron chi connectivity index (χ2n) is 4.36. The van der Waals surface area contributed by atoms with Crippen molar-refractivity contribution in [3.63, 3.8) is 0 Å². The molecule has 0 saturated carbocycles. The number of allylic oxidation sites excluding steroid dienone is 3. The van der Waals surface area contributed by atoms with Gasteiger partial charge in [0.15, 0.2) is 6.17 Å². The van der Waals surface area contributed by atoms with Crippen LogP contribution in [0.15, 0.2) is 40.6 Å². The Morgan fingerprint density at radius 2 is 2.15 bits per heavy atom. The van der Waals surface area contributed by atoms with Crippen LogP contribution in [0.5, 0.6) is 0 Å². The van der Waals surface area contributed by atoms with E-state index >= 15 is 0 Å². The zero-order valence-electron chi connectivity index (χ0n) is 11.3. The lowest BCUT2D eigenvalue weighted by Crippen LogP contribution is -2.37. The smallest absolute Gasteiger partial charge is 0.155 e. The molecule has 0 heterocycles. The Labute approximate surface area is 115 Å². The predicted octanol–water partition coefficient (Wildman–Crippen LogP) is 2.84. The van der Waals surface area contributed by atoms with Gasteiger partial charge in [0.25, 0.3) is 0 Å². The molecular formula is C13H17F4N3. The molecule has 0 aliphatic heterocycles. The van der Waals surface area contributed by atoms with E-state index in [9.17, 15) is 17.6 Å². The number of alkyl halides is 2. The first kappa shape index (κ1) is 16.6. The number of aliphatic imine (C=N–C) groups is 1. The van der Waals surface area contributed by atoms with Crippen molar-refractivity contribution in [2.45, 2.75) is 31.7 Å². The van der Waals surface area contributed by atoms with Crippen molar-refractivity contribution in [2.24, 2.45) is 4.99 Å². The standard InChI is InChI=1S/C13H17F4N3/c1-7(20-18-3)6-19-8(2)12-10(15)4-9(14)5-11(16)13(12)17/h4,6-7,9,11,18,20H,2,5H2,1,3H3. The lowest BCUT2D eigenvalue weighted by Gasteiger charge is -2.09. The first-order chi connectivity index (χ1) is 9.36. The summed E-state index contributed by atoms with van der Waals surface area (Å²) in [4.78, 5) is 3.78. The lowest BCUT2D eigenvalue weighted by molar-refractivity contribution is 0.251. The van der Waals surface area contributed by atoms with Crippen molar-refractivity contribution in [3.05, 3.63) is 35.6 Å².